The van der Waals surface area contributed by atoms with E-state index in [0.717, 1.165) is 4.47 Å². The van der Waals surface area contributed by atoms with E-state index in [-0.39, 0.29) is 5.82 Å². The summed E-state index contributed by atoms with van der Waals surface area (Å²) >= 11 is 6.62. The molecule has 2 rings (SSSR count). The Morgan fingerprint density at radius 3 is 3.00 bits per heavy atom. The van der Waals surface area contributed by atoms with Crippen LogP contribution >= 0.6 is 49.9 Å². The molecule has 0 bridgehead atoms. The SMILES string of the molecule is Nc1csc(NN=Cc2cc(F)c(I)cc2Br)n1. The molecule has 3 N–H and O–H groups in total. The van der Waals surface area contributed by atoms with Crippen molar-refractivity contribution in [1.82, 2.24) is 4.98 Å². The van der Waals surface area contributed by atoms with Crippen LogP contribution < -0.4 is 11.2 Å². The first-order chi connectivity index (χ1) is 8.56. The van der Waals surface area contributed by atoms with Gasteiger partial charge in [0, 0.05) is 19.0 Å². The summed E-state index contributed by atoms with van der Waals surface area (Å²) in [7, 11) is 0. The molecule has 4 nitrogen and oxygen atoms in total. The summed E-state index contributed by atoms with van der Waals surface area (Å²) in [5.41, 5.74) is 8.84. The van der Waals surface area contributed by atoms with Gasteiger partial charge in [-0.2, -0.15) is 5.10 Å². The smallest absolute Gasteiger partial charge is 0.205 e. The number of halogens is 3. The second-order valence-electron chi connectivity index (χ2n) is 3.24. The molecule has 2 aromatic rings. The molecule has 18 heavy (non-hydrogen) atoms. The molecule has 0 saturated carbocycles. The zero-order valence-corrected chi connectivity index (χ0v) is 13.4. The monoisotopic (exact) mass is 440 g/mol. The van der Waals surface area contributed by atoms with Crippen molar-refractivity contribution < 1.29 is 4.39 Å². The minimum absolute atomic E-state index is 0.279. The molecular weight excluding hydrogens is 434 g/mol. The number of thiazole rings is 1. The maximum absolute atomic E-state index is 13.4. The van der Waals surface area contributed by atoms with E-state index in [0.29, 0.717) is 20.1 Å². The number of nitrogen functional groups attached to an aromatic ring is 1. The van der Waals surface area contributed by atoms with E-state index in [1.54, 1.807) is 11.4 Å². The van der Waals surface area contributed by atoms with Gasteiger partial charge in [-0.05, 0) is 34.7 Å². The third-order valence-corrected chi connectivity index (χ3v) is 4.20. The molecule has 0 atom stereocenters. The largest absolute Gasteiger partial charge is 0.383 e. The number of hydrogen-bond acceptors (Lipinski definition) is 5. The van der Waals surface area contributed by atoms with E-state index in [4.69, 9.17) is 5.73 Å². The van der Waals surface area contributed by atoms with Gasteiger partial charge < -0.3 is 5.73 Å². The lowest BCUT2D eigenvalue weighted by Gasteiger charge is -2.00. The molecule has 0 spiro atoms. The molecule has 0 aliphatic rings. The first-order valence-corrected chi connectivity index (χ1v) is 7.46. The van der Waals surface area contributed by atoms with Gasteiger partial charge in [-0.25, -0.2) is 9.37 Å². The van der Waals surface area contributed by atoms with Gasteiger partial charge in [-0.1, -0.05) is 15.9 Å². The highest BCUT2D eigenvalue weighted by Crippen LogP contribution is 2.21. The van der Waals surface area contributed by atoms with Crippen LogP contribution in [0.1, 0.15) is 5.56 Å². The molecule has 1 heterocycles. The van der Waals surface area contributed by atoms with Crippen LogP contribution in [0, 0.1) is 9.39 Å². The van der Waals surface area contributed by atoms with Crippen molar-refractivity contribution in [1.29, 1.82) is 0 Å². The summed E-state index contributed by atoms with van der Waals surface area (Å²) < 4.78 is 14.7. The Morgan fingerprint density at radius 1 is 1.56 bits per heavy atom. The lowest BCUT2D eigenvalue weighted by atomic mass is 10.2. The van der Waals surface area contributed by atoms with Gasteiger partial charge in [0.25, 0.3) is 0 Å². The van der Waals surface area contributed by atoms with E-state index < -0.39 is 0 Å². The number of hydrazone groups is 1. The van der Waals surface area contributed by atoms with Crippen LogP contribution in [-0.2, 0) is 0 Å². The third-order valence-electron chi connectivity index (χ3n) is 1.93. The fraction of sp³-hybridized carbons (Fsp3) is 0. The van der Waals surface area contributed by atoms with Crippen molar-refractivity contribution in [3.8, 4) is 0 Å². The Morgan fingerprint density at radius 2 is 2.33 bits per heavy atom. The summed E-state index contributed by atoms with van der Waals surface area (Å²) in [5.74, 6) is 0.165. The van der Waals surface area contributed by atoms with Crippen molar-refractivity contribution in [3.63, 3.8) is 0 Å². The first kappa shape index (κ1) is 13.7. The maximum Gasteiger partial charge on any atom is 0.205 e. The summed E-state index contributed by atoms with van der Waals surface area (Å²) in [4.78, 5) is 3.98. The molecule has 0 saturated heterocycles. The van der Waals surface area contributed by atoms with Crippen LogP contribution in [0.3, 0.4) is 0 Å². The van der Waals surface area contributed by atoms with Crippen LogP contribution in [-0.4, -0.2) is 11.2 Å². The number of hydrogen-bond donors (Lipinski definition) is 2. The number of benzene rings is 1. The van der Waals surface area contributed by atoms with E-state index in [1.807, 2.05) is 22.6 Å². The molecule has 0 aliphatic carbocycles. The van der Waals surface area contributed by atoms with Gasteiger partial charge >= 0.3 is 0 Å². The Labute approximate surface area is 129 Å². The predicted molar refractivity (Wildman–Crippen MR) is 84.6 cm³/mol. The zero-order valence-electron chi connectivity index (χ0n) is 8.82. The number of nitrogens with one attached hydrogen (secondary N) is 1. The summed E-state index contributed by atoms with van der Waals surface area (Å²) in [5, 5.41) is 6.27. The van der Waals surface area contributed by atoms with Crippen molar-refractivity contribution >= 4 is 67.0 Å². The minimum Gasteiger partial charge on any atom is -0.383 e. The molecule has 94 valence electrons. The summed E-state index contributed by atoms with van der Waals surface area (Å²) in [6, 6.07) is 3.10. The zero-order chi connectivity index (χ0) is 13.1. The average molecular weight is 441 g/mol. The Hall–Kier alpha value is -0.740. The molecular formula is C10H7BrFIN4S. The third kappa shape index (κ3) is 3.39. The molecule has 0 amide bonds. The van der Waals surface area contributed by atoms with Gasteiger partial charge in [0.05, 0.1) is 6.21 Å². The highest BCUT2D eigenvalue weighted by atomic mass is 127. The number of anilines is 2. The topological polar surface area (TPSA) is 63.3 Å². The second kappa shape index (κ2) is 5.93. The van der Waals surface area contributed by atoms with Gasteiger partial charge in [0.15, 0.2) is 0 Å². The molecule has 0 unspecified atom stereocenters. The van der Waals surface area contributed by atoms with E-state index in [9.17, 15) is 4.39 Å². The quantitative estimate of drug-likeness (QED) is 0.331. The van der Waals surface area contributed by atoms with E-state index >= 15 is 0 Å². The number of nitrogens with two attached hydrogens (primary N) is 1. The second-order valence-corrected chi connectivity index (χ2v) is 6.11. The lowest BCUT2D eigenvalue weighted by Crippen LogP contribution is -1.94. The average Bonchev–Trinajstić information content (AvgIpc) is 2.71. The molecule has 8 heteroatoms. The predicted octanol–water partition coefficient (Wildman–Crippen LogP) is 3.68. The van der Waals surface area contributed by atoms with Gasteiger partial charge in [0.1, 0.15) is 11.6 Å². The normalized spacial score (nSPS) is 11.1. The molecule has 0 aliphatic heterocycles. The summed E-state index contributed by atoms with van der Waals surface area (Å²) in [6.07, 6.45) is 1.51. The lowest BCUT2D eigenvalue weighted by molar-refractivity contribution is 0.620. The van der Waals surface area contributed by atoms with Crippen molar-refractivity contribution in [3.05, 3.63) is 36.9 Å². The van der Waals surface area contributed by atoms with E-state index in [2.05, 4.69) is 31.4 Å². The highest BCUT2D eigenvalue weighted by molar-refractivity contribution is 14.1. The number of nitrogens with zero attached hydrogens (tertiary/aromatic N) is 2. The molecule has 0 radical (unpaired) electrons. The first-order valence-electron chi connectivity index (χ1n) is 4.71. The van der Waals surface area contributed by atoms with Crippen LogP contribution in [0.15, 0.2) is 27.1 Å². The van der Waals surface area contributed by atoms with Crippen LogP contribution in [0.2, 0.25) is 0 Å². The van der Waals surface area contributed by atoms with Crippen molar-refractivity contribution in [2.45, 2.75) is 0 Å². The van der Waals surface area contributed by atoms with Gasteiger partial charge in [0.2, 0.25) is 5.13 Å². The fourth-order valence-corrected chi connectivity index (χ4v) is 3.02. The van der Waals surface area contributed by atoms with Crippen LogP contribution in [0.5, 0.6) is 0 Å². The van der Waals surface area contributed by atoms with Crippen LogP contribution in [0.25, 0.3) is 0 Å². The maximum atomic E-state index is 13.4. The molecule has 1 aromatic heterocycles. The molecule has 1 aromatic carbocycles. The highest BCUT2D eigenvalue weighted by Gasteiger charge is 2.04. The van der Waals surface area contributed by atoms with Crippen molar-refractivity contribution in [2.75, 3.05) is 11.2 Å². The van der Waals surface area contributed by atoms with Gasteiger partial charge in [-0.15, -0.1) is 11.3 Å². The Bertz CT molecular complexity index is 602. The minimum atomic E-state index is -0.279. The Balaban J connectivity index is 2.11. The van der Waals surface area contributed by atoms with Crippen molar-refractivity contribution in [2.24, 2.45) is 5.10 Å². The standard InChI is InChI=1S/C10H7BrFIN4S/c11-6-2-8(13)7(12)1-5(6)3-15-17-10-16-9(14)4-18-10/h1-4H,14H2,(H,16,17). The molecule has 0 fully saturated rings. The number of aromatic nitrogens is 1. The number of rotatable bonds is 3. The van der Waals surface area contributed by atoms with Gasteiger partial charge in [-0.3, -0.25) is 5.43 Å². The fourth-order valence-electron chi connectivity index (χ4n) is 1.13. The Kier molecular flexibility index (Phi) is 4.51. The van der Waals surface area contributed by atoms with Crippen LogP contribution in [0.4, 0.5) is 15.3 Å². The summed E-state index contributed by atoms with van der Waals surface area (Å²) in [6.45, 7) is 0. The van der Waals surface area contributed by atoms with E-state index in [1.165, 1.54) is 23.6 Å².